The molecule has 0 spiro atoms. The standard InChI is InChI=1S/C16H23FN2O/c17-13-5-3-4-12(10-13)14(18)11-19-8-9-20-16-7-2-1-6-15(16)19/h3-5,10,14-16H,1-2,6-9,11,18H2. The topological polar surface area (TPSA) is 38.5 Å². The molecule has 0 aromatic heterocycles. The lowest BCUT2D eigenvalue weighted by Gasteiger charge is -2.44. The lowest BCUT2D eigenvalue weighted by Crippen LogP contribution is -2.54. The number of nitrogens with two attached hydrogens (primary N) is 1. The third-order valence-electron chi connectivity index (χ3n) is 4.56. The summed E-state index contributed by atoms with van der Waals surface area (Å²) in [7, 11) is 0. The Morgan fingerprint density at radius 2 is 2.20 bits per heavy atom. The van der Waals surface area contributed by atoms with Crippen molar-refractivity contribution in [3.63, 3.8) is 0 Å². The van der Waals surface area contributed by atoms with Crippen molar-refractivity contribution in [2.45, 2.75) is 43.9 Å². The molecule has 3 rings (SSSR count). The van der Waals surface area contributed by atoms with Crippen molar-refractivity contribution in [2.24, 2.45) is 5.73 Å². The maximum absolute atomic E-state index is 13.3. The Morgan fingerprint density at radius 1 is 1.35 bits per heavy atom. The summed E-state index contributed by atoms with van der Waals surface area (Å²) in [4.78, 5) is 2.45. The van der Waals surface area contributed by atoms with Gasteiger partial charge in [-0.1, -0.05) is 25.0 Å². The largest absolute Gasteiger partial charge is 0.375 e. The molecule has 1 aromatic rings. The third-order valence-corrected chi connectivity index (χ3v) is 4.56. The zero-order valence-electron chi connectivity index (χ0n) is 11.8. The predicted octanol–water partition coefficient (Wildman–Crippen LogP) is 2.47. The fraction of sp³-hybridized carbons (Fsp3) is 0.625. The summed E-state index contributed by atoms with van der Waals surface area (Å²) in [6.07, 6.45) is 5.27. The van der Waals surface area contributed by atoms with E-state index in [0.29, 0.717) is 12.1 Å². The zero-order valence-corrected chi connectivity index (χ0v) is 11.8. The van der Waals surface area contributed by atoms with Gasteiger partial charge < -0.3 is 10.5 Å². The van der Waals surface area contributed by atoms with Gasteiger partial charge in [-0.15, -0.1) is 0 Å². The molecule has 0 bridgehead atoms. The molecule has 2 aliphatic rings. The molecule has 0 amide bonds. The summed E-state index contributed by atoms with van der Waals surface area (Å²) in [5, 5.41) is 0. The van der Waals surface area contributed by atoms with Crippen LogP contribution < -0.4 is 5.73 Å². The average molecular weight is 278 g/mol. The highest BCUT2D eigenvalue weighted by molar-refractivity contribution is 5.20. The molecular weight excluding hydrogens is 255 g/mol. The van der Waals surface area contributed by atoms with Crippen LogP contribution in [0.1, 0.15) is 37.3 Å². The van der Waals surface area contributed by atoms with Crippen molar-refractivity contribution in [1.29, 1.82) is 0 Å². The number of morpholine rings is 1. The van der Waals surface area contributed by atoms with Gasteiger partial charge in [0, 0.05) is 25.2 Å². The number of benzene rings is 1. The van der Waals surface area contributed by atoms with E-state index in [2.05, 4.69) is 4.90 Å². The Balaban J connectivity index is 1.66. The van der Waals surface area contributed by atoms with Gasteiger partial charge in [-0.05, 0) is 30.5 Å². The number of hydrogen-bond donors (Lipinski definition) is 1. The van der Waals surface area contributed by atoms with Crippen LogP contribution in [0.5, 0.6) is 0 Å². The Labute approximate surface area is 119 Å². The van der Waals surface area contributed by atoms with Crippen LogP contribution in [0, 0.1) is 5.82 Å². The molecule has 3 unspecified atom stereocenters. The second-order valence-electron chi connectivity index (χ2n) is 5.92. The second-order valence-corrected chi connectivity index (χ2v) is 5.92. The van der Waals surface area contributed by atoms with Crippen molar-refractivity contribution in [3.8, 4) is 0 Å². The minimum Gasteiger partial charge on any atom is -0.375 e. The van der Waals surface area contributed by atoms with Crippen LogP contribution in [0.4, 0.5) is 4.39 Å². The smallest absolute Gasteiger partial charge is 0.123 e. The molecule has 1 aliphatic carbocycles. The van der Waals surface area contributed by atoms with Crippen LogP contribution in [-0.2, 0) is 4.74 Å². The van der Waals surface area contributed by atoms with Crippen LogP contribution in [0.25, 0.3) is 0 Å². The molecule has 0 radical (unpaired) electrons. The maximum Gasteiger partial charge on any atom is 0.123 e. The van der Waals surface area contributed by atoms with Crippen LogP contribution in [0.15, 0.2) is 24.3 Å². The van der Waals surface area contributed by atoms with Gasteiger partial charge in [0.15, 0.2) is 0 Å². The van der Waals surface area contributed by atoms with E-state index >= 15 is 0 Å². The number of fused-ring (bicyclic) bond motifs is 1. The highest BCUT2D eigenvalue weighted by Gasteiger charge is 2.34. The fourth-order valence-corrected chi connectivity index (χ4v) is 3.50. The molecule has 2 N–H and O–H groups in total. The van der Waals surface area contributed by atoms with E-state index in [1.54, 1.807) is 12.1 Å². The van der Waals surface area contributed by atoms with E-state index in [9.17, 15) is 4.39 Å². The van der Waals surface area contributed by atoms with Gasteiger partial charge in [0.1, 0.15) is 5.82 Å². The summed E-state index contributed by atoms with van der Waals surface area (Å²) in [6.45, 7) is 2.51. The molecule has 3 atom stereocenters. The van der Waals surface area contributed by atoms with Crippen LogP contribution in [0.3, 0.4) is 0 Å². The number of nitrogens with zero attached hydrogens (tertiary/aromatic N) is 1. The predicted molar refractivity (Wildman–Crippen MR) is 76.9 cm³/mol. The van der Waals surface area contributed by atoms with Crippen LogP contribution in [0.2, 0.25) is 0 Å². The van der Waals surface area contributed by atoms with Crippen molar-refractivity contribution in [3.05, 3.63) is 35.6 Å². The SMILES string of the molecule is NC(CN1CCOC2CCCCC21)c1cccc(F)c1. The number of ether oxygens (including phenoxy) is 1. The monoisotopic (exact) mass is 278 g/mol. The molecule has 20 heavy (non-hydrogen) atoms. The average Bonchev–Trinajstić information content (AvgIpc) is 2.47. The van der Waals surface area contributed by atoms with E-state index < -0.39 is 0 Å². The van der Waals surface area contributed by atoms with E-state index in [4.69, 9.17) is 10.5 Å². The fourth-order valence-electron chi connectivity index (χ4n) is 3.50. The first-order valence-electron chi connectivity index (χ1n) is 7.61. The highest BCUT2D eigenvalue weighted by Crippen LogP contribution is 2.29. The van der Waals surface area contributed by atoms with Gasteiger partial charge in [0.05, 0.1) is 12.7 Å². The molecule has 1 saturated heterocycles. The first-order valence-corrected chi connectivity index (χ1v) is 7.61. The molecule has 1 heterocycles. The van der Waals surface area contributed by atoms with Crippen molar-refractivity contribution in [1.82, 2.24) is 4.90 Å². The van der Waals surface area contributed by atoms with Gasteiger partial charge in [0.25, 0.3) is 0 Å². The van der Waals surface area contributed by atoms with Crippen LogP contribution >= 0.6 is 0 Å². The van der Waals surface area contributed by atoms with Gasteiger partial charge in [-0.25, -0.2) is 4.39 Å². The molecule has 1 saturated carbocycles. The van der Waals surface area contributed by atoms with Crippen molar-refractivity contribution < 1.29 is 9.13 Å². The summed E-state index contributed by atoms with van der Waals surface area (Å²) < 4.78 is 19.2. The minimum absolute atomic E-state index is 0.133. The normalized spacial score (nSPS) is 28.9. The quantitative estimate of drug-likeness (QED) is 0.923. The van der Waals surface area contributed by atoms with Gasteiger partial charge in [0.2, 0.25) is 0 Å². The molecule has 110 valence electrons. The van der Waals surface area contributed by atoms with Crippen molar-refractivity contribution in [2.75, 3.05) is 19.7 Å². The highest BCUT2D eigenvalue weighted by atomic mass is 19.1. The van der Waals surface area contributed by atoms with Gasteiger partial charge >= 0.3 is 0 Å². The molecule has 1 aromatic carbocycles. The lowest BCUT2D eigenvalue weighted by molar-refractivity contribution is -0.0894. The maximum atomic E-state index is 13.3. The molecule has 2 fully saturated rings. The van der Waals surface area contributed by atoms with E-state index in [0.717, 1.165) is 31.7 Å². The first kappa shape index (κ1) is 14.0. The Kier molecular flexibility index (Phi) is 4.34. The van der Waals surface area contributed by atoms with Gasteiger partial charge in [-0.3, -0.25) is 4.90 Å². The molecule has 4 heteroatoms. The van der Waals surface area contributed by atoms with Crippen LogP contribution in [-0.4, -0.2) is 36.7 Å². The van der Waals surface area contributed by atoms with E-state index in [-0.39, 0.29) is 11.9 Å². The Bertz CT molecular complexity index is 452. The Hall–Kier alpha value is -0.970. The Morgan fingerprint density at radius 3 is 3.05 bits per heavy atom. The van der Waals surface area contributed by atoms with E-state index in [1.165, 1.54) is 25.3 Å². The molecule has 3 nitrogen and oxygen atoms in total. The number of halogens is 1. The summed E-state index contributed by atoms with van der Waals surface area (Å²) >= 11 is 0. The minimum atomic E-state index is -0.213. The lowest BCUT2D eigenvalue weighted by atomic mass is 9.89. The van der Waals surface area contributed by atoms with Crippen molar-refractivity contribution >= 4 is 0 Å². The number of rotatable bonds is 3. The number of hydrogen-bond acceptors (Lipinski definition) is 3. The first-order chi connectivity index (χ1) is 9.74. The third kappa shape index (κ3) is 3.03. The van der Waals surface area contributed by atoms with Gasteiger partial charge in [-0.2, -0.15) is 0 Å². The summed E-state index contributed by atoms with van der Waals surface area (Å²) in [6, 6.07) is 7.01. The van der Waals surface area contributed by atoms with E-state index in [1.807, 2.05) is 6.07 Å². The second kappa shape index (κ2) is 6.20. The molecular formula is C16H23FN2O. The molecule has 1 aliphatic heterocycles. The summed E-state index contributed by atoms with van der Waals surface area (Å²) in [5.74, 6) is -0.213. The summed E-state index contributed by atoms with van der Waals surface area (Å²) in [5.41, 5.74) is 7.15. The zero-order chi connectivity index (χ0) is 13.9.